The van der Waals surface area contributed by atoms with E-state index in [1.807, 2.05) is 19.9 Å². The van der Waals surface area contributed by atoms with E-state index in [-0.39, 0.29) is 28.6 Å². The molecule has 0 aromatic heterocycles. The molecule has 1 N–H and O–H groups in total. The standard InChI is InChI=1S/C17H18O6S/c1-12-9-13(2)11-14(10-12)24(20,21)8-7-22-23-16-6-4-3-5-15(16)17(18)19/h3-6,9-11H,7-8H2,1-2H3,(H,18,19). The average Bonchev–Trinajstić information content (AvgIpc) is 2.51. The van der Waals surface area contributed by atoms with Crippen molar-refractivity contribution in [1.29, 1.82) is 0 Å². The predicted molar refractivity (Wildman–Crippen MR) is 88.0 cm³/mol. The van der Waals surface area contributed by atoms with E-state index >= 15 is 0 Å². The van der Waals surface area contributed by atoms with Gasteiger partial charge in [-0.25, -0.2) is 13.2 Å². The second kappa shape index (κ2) is 7.46. The second-order valence-electron chi connectivity index (χ2n) is 5.35. The van der Waals surface area contributed by atoms with E-state index in [0.29, 0.717) is 0 Å². The van der Waals surface area contributed by atoms with E-state index in [4.69, 9.17) is 14.9 Å². The number of carboxylic acids is 1. The fourth-order valence-electron chi connectivity index (χ4n) is 2.20. The Hall–Kier alpha value is -2.38. The molecule has 0 bridgehead atoms. The van der Waals surface area contributed by atoms with Crippen LogP contribution in [0.4, 0.5) is 0 Å². The summed E-state index contributed by atoms with van der Waals surface area (Å²) in [5, 5.41) is 9.02. The van der Waals surface area contributed by atoms with Crippen LogP contribution in [0, 0.1) is 13.8 Å². The second-order valence-corrected chi connectivity index (χ2v) is 7.46. The maximum Gasteiger partial charge on any atom is 0.339 e. The summed E-state index contributed by atoms with van der Waals surface area (Å²) in [5.74, 6) is -1.41. The summed E-state index contributed by atoms with van der Waals surface area (Å²) >= 11 is 0. The van der Waals surface area contributed by atoms with Crippen LogP contribution in [0.1, 0.15) is 21.5 Å². The molecule has 0 aliphatic rings. The summed E-state index contributed by atoms with van der Waals surface area (Å²) in [6.07, 6.45) is 0. The van der Waals surface area contributed by atoms with Crippen LogP contribution < -0.4 is 4.89 Å². The molecule has 2 rings (SSSR count). The summed E-state index contributed by atoms with van der Waals surface area (Å²) in [5.41, 5.74) is 1.66. The molecule has 0 unspecified atom stereocenters. The van der Waals surface area contributed by atoms with Gasteiger partial charge in [0, 0.05) is 0 Å². The first-order valence-electron chi connectivity index (χ1n) is 7.22. The minimum absolute atomic E-state index is 0.0220. The number of benzene rings is 2. The molecule has 0 amide bonds. The lowest BCUT2D eigenvalue weighted by molar-refractivity contribution is -0.201. The van der Waals surface area contributed by atoms with Gasteiger partial charge >= 0.3 is 5.97 Å². The van der Waals surface area contributed by atoms with Crippen LogP contribution in [-0.2, 0) is 14.7 Å². The lowest BCUT2D eigenvalue weighted by Gasteiger charge is -2.09. The first kappa shape index (κ1) is 18.0. The van der Waals surface area contributed by atoms with E-state index in [1.165, 1.54) is 12.1 Å². The van der Waals surface area contributed by atoms with Crippen LogP contribution in [0.25, 0.3) is 0 Å². The Morgan fingerprint density at radius 1 is 1.08 bits per heavy atom. The Labute approximate surface area is 140 Å². The summed E-state index contributed by atoms with van der Waals surface area (Å²) in [6, 6.07) is 11.0. The summed E-state index contributed by atoms with van der Waals surface area (Å²) in [6.45, 7) is 3.44. The van der Waals surface area contributed by atoms with Gasteiger partial charge in [-0.15, -0.1) is 0 Å². The molecule has 0 saturated carbocycles. The smallest absolute Gasteiger partial charge is 0.339 e. The number of para-hydroxylation sites is 1. The minimum Gasteiger partial charge on any atom is -0.478 e. The molecule has 0 aliphatic heterocycles. The molecule has 0 aliphatic carbocycles. The molecule has 0 heterocycles. The Bertz CT molecular complexity index is 822. The van der Waals surface area contributed by atoms with E-state index in [9.17, 15) is 13.2 Å². The van der Waals surface area contributed by atoms with Gasteiger partial charge in [0.2, 0.25) is 0 Å². The van der Waals surface area contributed by atoms with Gasteiger partial charge in [0.05, 0.1) is 10.6 Å². The van der Waals surface area contributed by atoms with Crippen molar-refractivity contribution < 1.29 is 28.1 Å². The van der Waals surface area contributed by atoms with Crippen molar-refractivity contribution in [1.82, 2.24) is 0 Å². The quantitative estimate of drug-likeness (QED) is 0.469. The number of hydrogen-bond donors (Lipinski definition) is 1. The molecule has 2 aromatic carbocycles. The Morgan fingerprint density at radius 3 is 2.33 bits per heavy atom. The van der Waals surface area contributed by atoms with Crippen LogP contribution in [-0.4, -0.2) is 31.9 Å². The van der Waals surface area contributed by atoms with Gasteiger partial charge in [-0.2, -0.15) is 4.89 Å². The zero-order chi connectivity index (χ0) is 17.7. The first-order valence-corrected chi connectivity index (χ1v) is 8.87. The van der Waals surface area contributed by atoms with Crippen molar-refractivity contribution in [3.05, 3.63) is 59.2 Å². The SMILES string of the molecule is Cc1cc(C)cc(S(=O)(=O)CCOOc2ccccc2C(=O)O)c1. The number of aryl methyl sites for hydroxylation is 2. The first-order chi connectivity index (χ1) is 11.3. The molecule has 0 radical (unpaired) electrons. The molecule has 0 spiro atoms. The highest BCUT2D eigenvalue weighted by molar-refractivity contribution is 7.91. The van der Waals surface area contributed by atoms with Gasteiger partial charge in [-0.1, -0.05) is 18.2 Å². The largest absolute Gasteiger partial charge is 0.478 e. The fraction of sp³-hybridized carbons (Fsp3) is 0.235. The average molecular weight is 350 g/mol. The fourth-order valence-corrected chi connectivity index (χ4v) is 3.45. The molecule has 24 heavy (non-hydrogen) atoms. The number of aromatic carboxylic acids is 1. The zero-order valence-corrected chi connectivity index (χ0v) is 14.2. The molecule has 2 aromatic rings. The third kappa shape index (κ3) is 4.56. The molecule has 0 fully saturated rings. The van der Waals surface area contributed by atoms with Gasteiger partial charge in [0.1, 0.15) is 12.2 Å². The van der Waals surface area contributed by atoms with Gasteiger partial charge in [0.15, 0.2) is 15.6 Å². The van der Waals surface area contributed by atoms with E-state index < -0.39 is 15.8 Å². The minimum atomic E-state index is -3.51. The van der Waals surface area contributed by atoms with Crippen molar-refractivity contribution in [2.45, 2.75) is 18.7 Å². The van der Waals surface area contributed by atoms with Gasteiger partial charge < -0.3 is 9.99 Å². The summed E-state index contributed by atoms with van der Waals surface area (Å²) < 4.78 is 24.6. The number of hydrogen-bond acceptors (Lipinski definition) is 5. The number of rotatable bonds is 7. The van der Waals surface area contributed by atoms with Crippen LogP contribution in [0.3, 0.4) is 0 Å². The third-order valence-electron chi connectivity index (χ3n) is 3.26. The van der Waals surface area contributed by atoms with Crippen LogP contribution in [0.15, 0.2) is 47.4 Å². The van der Waals surface area contributed by atoms with Gasteiger partial charge in [-0.05, 0) is 49.2 Å². The predicted octanol–water partition coefficient (Wildman–Crippen LogP) is 2.79. The highest BCUT2D eigenvalue weighted by Crippen LogP contribution is 2.19. The highest BCUT2D eigenvalue weighted by atomic mass is 32.2. The molecule has 6 nitrogen and oxygen atoms in total. The van der Waals surface area contributed by atoms with Crippen molar-refractivity contribution in [3.63, 3.8) is 0 Å². The van der Waals surface area contributed by atoms with Crippen LogP contribution >= 0.6 is 0 Å². The monoisotopic (exact) mass is 350 g/mol. The maximum atomic E-state index is 12.3. The summed E-state index contributed by atoms with van der Waals surface area (Å²) in [4.78, 5) is 21.1. The van der Waals surface area contributed by atoms with Crippen molar-refractivity contribution in [2.24, 2.45) is 0 Å². The molecule has 0 atom stereocenters. The number of carboxylic acid groups (broad SMARTS) is 1. The van der Waals surface area contributed by atoms with Crippen LogP contribution in [0.2, 0.25) is 0 Å². The van der Waals surface area contributed by atoms with Crippen molar-refractivity contribution in [3.8, 4) is 5.75 Å². The Balaban J connectivity index is 1.98. The van der Waals surface area contributed by atoms with E-state index in [1.54, 1.807) is 24.3 Å². The molecular weight excluding hydrogens is 332 g/mol. The van der Waals surface area contributed by atoms with Gasteiger partial charge in [-0.3, -0.25) is 0 Å². The number of sulfone groups is 1. The molecule has 128 valence electrons. The highest BCUT2D eigenvalue weighted by Gasteiger charge is 2.16. The summed E-state index contributed by atoms with van der Waals surface area (Å²) in [7, 11) is -3.51. The lowest BCUT2D eigenvalue weighted by atomic mass is 10.2. The Morgan fingerprint density at radius 2 is 1.71 bits per heavy atom. The Kier molecular flexibility index (Phi) is 5.58. The number of carbonyl (C=O) groups is 1. The lowest BCUT2D eigenvalue weighted by Crippen LogP contribution is -2.15. The van der Waals surface area contributed by atoms with Gasteiger partial charge in [0.25, 0.3) is 0 Å². The van der Waals surface area contributed by atoms with E-state index in [2.05, 4.69) is 0 Å². The zero-order valence-electron chi connectivity index (χ0n) is 13.4. The van der Waals surface area contributed by atoms with Crippen molar-refractivity contribution in [2.75, 3.05) is 12.4 Å². The molecule has 0 saturated heterocycles. The van der Waals surface area contributed by atoms with Crippen LogP contribution in [0.5, 0.6) is 5.75 Å². The normalized spacial score (nSPS) is 11.2. The third-order valence-corrected chi connectivity index (χ3v) is 4.91. The van der Waals surface area contributed by atoms with Crippen molar-refractivity contribution >= 4 is 15.8 Å². The van der Waals surface area contributed by atoms with E-state index in [0.717, 1.165) is 11.1 Å². The maximum absolute atomic E-state index is 12.3. The molecule has 7 heteroatoms. The molecular formula is C17H18O6S. The topological polar surface area (TPSA) is 89.9 Å².